The van der Waals surface area contributed by atoms with Crippen molar-refractivity contribution < 1.29 is 14.3 Å². The Morgan fingerprint density at radius 2 is 1.76 bits per heavy atom. The number of ether oxygens (including phenoxy) is 2. The molecule has 1 fully saturated rings. The molecule has 2 rings (SSSR count). The topological polar surface area (TPSA) is 75.2 Å². The van der Waals surface area contributed by atoms with Crippen LogP contribution >= 0.6 is 24.0 Å². The summed E-state index contributed by atoms with van der Waals surface area (Å²) in [6, 6.07) is 6.03. The van der Waals surface area contributed by atoms with Crippen molar-refractivity contribution in [2.45, 2.75) is 40.0 Å². The summed E-state index contributed by atoms with van der Waals surface area (Å²) in [6.07, 6.45) is 3.01. The second-order valence-corrected chi connectivity index (χ2v) is 6.61. The van der Waals surface area contributed by atoms with Crippen LogP contribution in [0.1, 0.15) is 39.2 Å². The van der Waals surface area contributed by atoms with Crippen LogP contribution in [0, 0.1) is 0 Å². The van der Waals surface area contributed by atoms with Crippen LogP contribution in [-0.2, 0) is 11.2 Å². The van der Waals surface area contributed by atoms with Crippen molar-refractivity contribution in [1.29, 1.82) is 0 Å². The highest BCUT2D eigenvalue weighted by Gasteiger charge is 2.17. The number of hydrogen-bond donors (Lipinski definition) is 2. The number of nitrogens with zero attached hydrogens (tertiary/aromatic N) is 2. The molecule has 1 aromatic carbocycles. The molecule has 0 spiro atoms. The van der Waals surface area contributed by atoms with E-state index in [1.54, 1.807) is 0 Å². The van der Waals surface area contributed by atoms with Gasteiger partial charge in [-0.2, -0.15) is 0 Å². The van der Waals surface area contributed by atoms with Crippen molar-refractivity contribution in [1.82, 2.24) is 15.5 Å². The Morgan fingerprint density at radius 1 is 1.07 bits per heavy atom. The first-order chi connectivity index (χ1) is 13.7. The van der Waals surface area contributed by atoms with Crippen LogP contribution in [0.2, 0.25) is 0 Å². The molecule has 29 heavy (non-hydrogen) atoms. The van der Waals surface area contributed by atoms with Crippen LogP contribution in [0.5, 0.6) is 11.5 Å². The Labute approximate surface area is 191 Å². The Bertz CT molecular complexity index is 649. The minimum atomic E-state index is 0. The van der Waals surface area contributed by atoms with Gasteiger partial charge in [-0.15, -0.1) is 24.0 Å². The van der Waals surface area contributed by atoms with Gasteiger partial charge in [0.25, 0.3) is 0 Å². The molecule has 8 heteroatoms. The molecule has 0 aromatic heterocycles. The Morgan fingerprint density at radius 3 is 2.41 bits per heavy atom. The first kappa shape index (κ1) is 25.3. The molecule has 1 heterocycles. The van der Waals surface area contributed by atoms with Gasteiger partial charge in [-0.25, -0.2) is 4.99 Å². The quantitative estimate of drug-likeness (QED) is 0.283. The van der Waals surface area contributed by atoms with Crippen molar-refractivity contribution in [3.05, 3.63) is 23.8 Å². The highest BCUT2D eigenvalue weighted by Crippen LogP contribution is 2.28. The molecular formula is C21H35IN4O3. The third-order valence-electron chi connectivity index (χ3n) is 4.49. The van der Waals surface area contributed by atoms with Gasteiger partial charge in [0, 0.05) is 26.2 Å². The molecule has 1 aliphatic heterocycles. The maximum absolute atomic E-state index is 12.2. The molecule has 2 N–H and O–H groups in total. The molecule has 1 aliphatic rings. The molecule has 0 aliphatic carbocycles. The number of benzene rings is 1. The molecule has 0 atom stereocenters. The lowest BCUT2D eigenvalue weighted by Crippen LogP contribution is -2.39. The van der Waals surface area contributed by atoms with Crippen molar-refractivity contribution in [3.63, 3.8) is 0 Å². The fraction of sp³-hybridized carbons (Fsp3) is 0.619. The zero-order valence-corrected chi connectivity index (χ0v) is 20.2. The van der Waals surface area contributed by atoms with Crippen LogP contribution in [0.15, 0.2) is 23.2 Å². The first-order valence-corrected chi connectivity index (χ1v) is 10.4. The van der Waals surface area contributed by atoms with Crippen LogP contribution in [0.4, 0.5) is 0 Å². The van der Waals surface area contributed by atoms with Gasteiger partial charge in [0.2, 0.25) is 5.91 Å². The number of carbonyl (C=O) groups excluding carboxylic acids is 1. The Hall–Kier alpha value is -1.71. The van der Waals surface area contributed by atoms with Crippen LogP contribution < -0.4 is 20.1 Å². The lowest BCUT2D eigenvalue weighted by atomic mass is 10.1. The van der Waals surface area contributed by atoms with Crippen molar-refractivity contribution in [2.24, 2.45) is 4.99 Å². The van der Waals surface area contributed by atoms with Gasteiger partial charge in [-0.05, 0) is 57.7 Å². The number of hydrogen-bond acceptors (Lipinski definition) is 4. The van der Waals surface area contributed by atoms with Crippen LogP contribution in [-0.4, -0.2) is 62.7 Å². The predicted molar refractivity (Wildman–Crippen MR) is 128 cm³/mol. The zero-order valence-electron chi connectivity index (χ0n) is 17.8. The summed E-state index contributed by atoms with van der Waals surface area (Å²) >= 11 is 0. The van der Waals surface area contributed by atoms with Crippen molar-refractivity contribution >= 4 is 35.8 Å². The standard InChI is InChI=1S/C21H34N4O3.HI/c1-4-22-21(24-16-20(26)25-13-7-8-14-25)23-12-11-17-9-10-18(27-5-2)19(15-17)28-6-3;/h9-10,15H,4-8,11-14,16H2,1-3H3,(H2,22,23,24);1H. The van der Waals surface area contributed by atoms with E-state index in [0.717, 1.165) is 56.0 Å². The van der Waals surface area contributed by atoms with Crippen molar-refractivity contribution in [2.75, 3.05) is 45.9 Å². The average molecular weight is 518 g/mol. The molecule has 164 valence electrons. The van der Waals surface area contributed by atoms with Gasteiger partial charge in [0.1, 0.15) is 6.54 Å². The fourth-order valence-electron chi connectivity index (χ4n) is 3.13. The smallest absolute Gasteiger partial charge is 0.244 e. The minimum absolute atomic E-state index is 0. The zero-order chi connectivity index (χ0) is 20.2. The summed E-state index contributed by atoms with van der Waals surface area (Å²) in [5.74, 6) is 2.32. The predicted octanol–water partition coefficient (Wildman–Crippen LogP) is 2.82. The number of nitrogens with one attached hydrogen (secondary N) is 2. The molecule has 1 saturated heterocycles. The van der Waals surface area contributed by atoms with E-state index in [2.05, 4.69) is 21.7 Å². The third-order valence-corrected chi connectivity index (χ3v) is 4.49. The highest BCUT2D eigenvalue weighted by atomic mass is 127. The van der Waals surface area contributed by atoms with Gasteiger partial charge in [-0.3, -0.25) is 4.79 Å². The van der Waals surface area contributed by atoms with E-state index in [9.17, 15) is 4.79 Å². The maximum Gasteiger partial charge on any atom is 0.244 e. The van der Waals surface area contributed by atoms with E-state index in [4.69, 9.17) is 9.47 Å². The van der Waals surface area contributed by atoms with Gasteiger partial charge in [0.05, 0.1) is 13.2 Å². The van der Waals surface area contributed by atoms with E-state index < -0.39 is 0 Å². The molecule has 0 saturated carbocycles. The maximum atomic E-state index is 12.2. The fourth-order valence-corrected chi connectivity index (χ4v) is 3.13. The highest BCUT2D eigenvalue weighted by molar-refractivity contribution is 14.0. The molecule has 0 unspecified atom stereocenters. The molecule has 1 aromatic rings. The lowest BCUT2D eigenvalue weighted by Gasteiger charge is -2.15. The number of rotatable bonds is 10. The summed E-state index contributed by atoms with van der Waals surface area (Å²) in [5.41, 5.74) is 1.16. The van der Waals surface area contributed by atoms with E-state index in [0.29, 0.717) is 25.7 Å². The van der Waals surface area contributed by atoms with E-state index in [-0.39, 0.29) is 36.4 Å². The molecule has 0 bridgehead atoms. The van der Waals surface area contributed by atoms with Gasteiger partial charge < -0.3 is 25.0 Å². The normalized spacial score (nSPS) is 13.6. The van der Waals surface area contributed by atoms with Gasteiger partial charge in [-0.1, -0.05) is 6.07 Å². The SMILES string of the molecule is CCNC(=NCC(=O)N1CCCC1)NCCc1ccc(OCC)c(OCC)c1.I. The van der Waals surface area contributed by atoms with E-state index >= 15 is 0 Å². The summed E-state index contributed by atoms with van der Waals surface area (Å²) in [7, 11) is 0. The summed E-state index contributed by atoms with van der Waals surface area (Å²) in [4.78, 5) is 18.5. The minimum Gasteiger partial charge on any atom is -0.490 e. The van der Waals surface area contributed by atoms with E-state index in [1.165, 1.54) is 0 Å². The number of guanidine groups is 1. The monoisotopic (exact) mass is 518 g/mol. The number of likely N-dealkylation sites (tertiary alicyclic amines) is 1. The third kappa shape index (κ3) is 8.67. The van der Waals surface area contributed by atoms with Gasteiger partial charge >= 0.3 is 0 Å². The molecule has 0 radical (unpaired) electrons. The summed E-state index contributed by atoms with van der Waals surface area (Å²) in [6.45, 7) is 10.5. The number of halogens is 1. The Kier molecular flexibility index (Phi) is 12.5. The Balaban J connectivity index is 0.00000420. The van der Waals surface area contributed by atoms with E-state index in [1.807, 2.05) is 37.8 Å². The summed E-state index contributed by atoms with van der Waals surface area (Å²) in [5, 5.41) is 6.50. The second kappa shape index (κ2) is 14.3. The van der Waals surface area contributed by atoms with Crippen LogP contribution in [0.25, 0.3) is 0 Å². The van der Waals surface area contributed by atoms with Crippen molar-refractivity contribution in [3.8, 4) is 11.5 Å². The number of carbonyl (C=O) groups is 1. The number of aliphatic imine (C=N–C) groups is 1. The summed E-state index contributed by atoms with van der Waals surface area (Å²) < 4.78 is 11.3. The lowest BCUT2D eigenvalue weighted by molar-refractivity contribution is -0.128. The first-order valence-electron chi connectivity index (χ1n) is 10.4. The largest absolute Gasteiger partial charge is 0.490 e. The number of amides is 1. The second-order valence-electron chi connectivity index (χ2n) is 6.61. The molecule has 7 nitrogen and oxygen atoms in total. The molecular weight excluding hydrogens is 483 g/mol. The average Bonchev–Trinajstić information content (AvgIpc) is 3.23. The van der Waals surface area contributed by atoms with Crippen LogP contribution in [0.3, 0.4) is 0 Å². The molecule has 1 amide bonds. The van der Waals surface area contributed by atoms with Gasteiger partial charge in [0.15, 0.2) is 17.5 Å².